The van der Waals surface area contributed by atoms with Crippen molar-refractivity contribution in [2.45, 2.75) is 19.3 Å². The molecule has 6 nitrogen and oxygen atoms in total. The Morgan fingerprint density at radius 3 is 2.67 bits per heavy atom. The number of likely N-dealkylation sites (tertiary alicyclic amines) is 1. The van der Waals surface area contributed by atoms with Crippen LogP contribution >= 0.6 is 11.3 Å². The number of benzene rings is 1. The second kappa shape index (κ2) is 9.21. The molecular formula is C22H23FN4O2S. The van der Waals surface area contributed by atoms with Crippen molar-refractivity contribution in [1.82, 2.24) is 20.0 Å². The zero-order chi connectivity index (χ0) is 20.9. The van der Waals surface area contributed by atoms with Crippen LogP contribution in [0.2, 0.25) is 0 Å². The summed E-state index contributed by atoms with van der Waals surface area (Å²) in [6, 6.07) is 12.0. The fraction of sp³-hybridized carbons (Fsp3) is 0.318. The van der Waals surface area contributed by atoms with Crippen LogP contribution in [0.5, 0.6) is 0 Å². The summed E-state index contributed by atoms with van der Waals surface area (Å²) in [5.74, 6) is -0.608. The molecule has 1 aliphatic heterocycles. The largest absolute Gasteiger partial charge is 0.355 e. The third-order valence-electron chi connectivity index (χ3n) is 5.31. The zero-order valence-electron chi connectivity index (χ0n) is 16.5. The minimum absolute atomic E-state index is 0.0579. The maximum Gasteiger partial charge on any atom is 0.274 e. The number of amides is 2. The lowest BCUT2D eigenvalue weighted by molar-refractivity contribution is -0.126. The van der Waals surface area contributed by atoms with E-state index in [2.05, 4.69) is 16.5 Å². The molecule has 0 bridgehead atoms. The first-order chi connectivity index (χ1) is 14.6. The number of hydrogen-bond acceptors (Lipinski definition) is 4. The van der Waals surface area contributed by atoms with Crippen LogP contribution < -0.4 is 5.32 Å². The van der Waals surface area contributed by atoms with Gasteiger partial charge in [-0.2, -0.15) is 5.10 Å². The molecule has 3 heterocycles. The van der Waals surface area contributed by atoms with Crippen LogP contribution in [0.15, 0.2) is 54.0 Å². The molecule has 1 N–H and O–H groups in total. The topological polar surface area (TPSA) is 67.2 Å². The summed E-state index contributed by atoms with van der Waals surface area (Å²) < 4.78 is 15.3. The number of hydrogen-bond donors (Lipinski definition) is 1. The first-order valence-corrected chi connectivity index (χ1v) is 10.9. The van der Waals surface area contributed by atoms with Crippen molar-refractivity contribution < 1.29 is 14.0 Å². The third-order valence-corrected chi connectivity index (χ3v) is 6.25. The smallest absolute Gasteiger partial charge is 0.274 e. The highest BCUT2D eigenvalue weighted by atomic mass is 32.1. The van der Waals surface area contributed by atoms with E-state index in [1.54, 1.807) is 46.7 Å². The highest BCUT2D eigenvalue weighted by molar-refractivity contribution is 7.09. The molecule has 0 spiro atoms. The molecular weight excluding hydrogens is 403 g/mol. The van der Waals surface area contributed by atoms with Gasteiger partial charge in [-0.1, -0.05) is 18.2 Å². The van der Waals surface area contributed by atoms with Gasteiger partial charge in [0, 0.05) is 36.6 Å². The fourth-order valence-electron chi connectivity index (χ4n) is 3.62. The number of piperidine rings is 1. The van der Waals surface area contributed by atoms with Gasteiger partial charge in [-0.25, -0.2) is 9.07 Å². The van der Waals surface area contributed by atoms with Crippen molar-refractivity contribution in [2.24, 2.45) is 5.92 Å². The Labute approximate surface area is 178 Å². The van der Waals surface area contributed by atoms with Crippen molar-refractivity contribution >= 4 is 23.2 Å². The van der Waals surface area contributed by atoms with Gasteiger partial charge in [0.25, 0.3) is 5.91 Å². The molecule has 156 valence electrons. The van der Waals surface area contributed by atoms with E-state index < -0.39 is 5.82 Å². The maximum atomic E-state index is 13.9. The number of aromatic nitrogens is 2. The average molecular weight is 427 g/mol. The van der Waals surface area contributed by atoms with Crippen molar-refractivity contribution in [3.05, 3.63) is 70.4 Å². The Bertz CT molecular complexity index is 1010. The molecule has 2 aromatic heterocycles. The van der Waals surface area contributed by atoms with Gasteiger partial charge in [-0.05, 0) is 48.9 Å². The van der Waals surface area contributed by atoms with Gasteiger partial charge < -0.3 is 10.2 Å². The molecule has 1 saturated heterocycles. The molecule has 0 aliphatic carbocycles. The standard InChI is InChI=1S/C22H23FN4O2S/c23-18-5-1-2-6-20(18)27-14-10-19(25-27)22(29)26-12-8-16(9-13-26)21(28)24-11-7-17-4-3-15-30-17/h1-6,10,14-16H,7-9,11-13H2,(H,24,28). The van der Waals surface area contributed by atoms with Crippen molar-refractivity contribution in [3.63, 3.8) is 0 Å². The number of nitrogens with zero attached hydrogens (tertiary/aromatic N) is 3. The molecule has 30 heavy (non-hydrogen) atoms. The Balaban J connectivity index is 1.28. The van der Waals surface area contributed by atoms with Crippen LogP contribution in [0.1, 0.15) is 28.2 Å². The van der Waals surface area contributed by atoms with Crippen LogP contribution in [0.4, 0.5) is 4.39 Å². The van der Waals surface area contributed by atoms with E-state index in [1.165, 1.54) is 15.6 Å². The minimum Gasteiger partial charge on any atom is -0.355 e. The minimum atomic E-state index is -0.398. The van der Waals surface area contributed by atoms with Crippen molar-refractivity contribution in [2.75, 3.05) is 19.6 Å². The average Bonchev–Trinajstić information content (AvgIpc) is 3.46. The first kappa shape index (κ1) is 20.3. The predicted octanol–water partition coefficient (Wildman–Crippen LogP) is 3.28. The molecule has 1 aliphatic rings. The van der Waals surface area contributed by atoms with E-state index in [9.17, 15) is 14.0 Å². The number of nitrogens with one attached hydrogen (secondary N) is 1. The number of para-hydroxylation sites is 1. The quantitative estimate of drug-likeness (QED) is 0.658. The molecule has 0 radical (unpaired) electrons. The molecule has 1 fully saturated rings. The lowest BCUT2D eigenvalue weighted by atomic mass is 9.95. The van der Waals surface area contributed by atoms with E-state index >= 15 is 0 Å². The lowest BCUT2D eigenvalue weighted by Gasteiger charge is -2.30. The Morgan fingerprint density at radius 1 is 1.13 bits per heavy atom. The lowest BCUT2D eigenvalue weighted by Crippen LogP contribution is -2.43. The number of carbonyl (C=O) groups is 2. The van der Waals surface area contributed by atoms with Crippen LogP contribution in [-0.2, 0) is 11.2 Å². The zero-order valence-corrected chi connectivity index (χ0v) is 17.3. The van der Waals surface area contributed by atoms with Crippen molar-refractivity contribution in [1.29, 1.82) is 0 Å². The molecule has 3 aromatic rings. The van der Waals surface area contributed by atoms with Gasteiger partial charge in [-0.3, -0.25) is 9.59 Å². The third kappa shape index (κ3) is 4.59. The van der Waals surface area contributed by atoms with Crippen LogP contribution in [0, 0.1) is 11.7 Å². The molecule has 0 atom stereocenters. The molecule has 0 saturated carbocycles. The van der Waals surface area contributed by atoms with Gasteiger partial charge in [0.15, 0.2) is 5.69 Å². The second-order valence-corrected chi connectivity index (χ2v) is 8.32. The maximum absolute atomic E-state index is 13.9. The van der Waals surface area contributed by atoms with Gasteiger partial charge in [0.05, 0.1) is 0 Å². The summed E-state index contributed by atoms with van der Waals surface area (Å²) in [7, 11) is 0. The molecule has 8 heteroatoms. The summed E-state index contributed by atoms with van der Waals surface area (Å²) in [6.07, 6.45) is 3.68. The van der Waals surface area contributed by atoms with E-state index in [-0.39, 0.29) is 23.4 Å². The van der Waals surface area contributed by atoms with Gasteiger partial charge >= 0.3 is 0 Å². The summed E-state index contributed by atoms with van der Waals surface area (Å²) in [5.41, 5.74) is 0.576. The first-order valence-electron chi connectivity index (χ1n) is 10.0. The van der Waals surface area contributed by atoms with E-state index in [0.29, 0.717) is 38.2 Å². The number of thiophene rings is 1. The Morgan fingerprint density at radius 2 is 1.93 bits per heavy atom. The molecule has 2 amide bonds. The monoisotopic (exact) mass is 426 g/mol. The number of rotatable bonds is 6. The summed E-state index contributed by atoms with van der Waals surface area (Å²) in [5, 5.41) is 9.28. The van der Waals surface area contributed by atoms with E-state index in [0.717, 1.165) is 6.42 Å². The van der Waals surface area contributed by atoms with Crippen LogP contribution in [0.3, 0.4) is 0 Å². The van der Waals surface area contributed by atoms with Crippen LogP contribution in [-0.4, -0.2) is 46.1 Å². The van der Waals surface area contributed by atoms with Crippen LogP contribution in [0.25, 0.3) is 5.69 Å². The number of halogens is 1. The highest BCUT2D eigenvalue weighted by Gasteiger charge is 2.28. The summed E-state index contributed by atoms with van der Waals surface area (Å²) in [4.78, 5) is 28.1. The molecule has 0 unspecified atom stereocenters. The summed E-state index contributed by atoms with van der Waals surface area (Å²) in [6.45, 7) is 1.65. The van der Waals surface area contributed by atoms with Gasteiger partial charge in [0.2, 0.25) is 5.91 Å². The molecule has 1 aromatic carbocycles. The molecule has 4 rings (SSSR count). The van der Waals surface area contributed by atoms with Gasteiger partial charge in [0.1, 0.15) is 11.5 Å². The SMILES string of the molecule is O=C(NCCc1cccs1)C1CCN(C(=O)c2ccn(-c3ccccc3F)n2)CC1. The summed E-state index contributed by atoms with van der Waals surface area (Å²) >= 11 is 1.69. The fourth-order valence-corrected chi connectivity index (χ4v) is 4.33. The van der Waals surface area contributed by atoms with Gasteiger partial charge in [-0.15, -0.1) is 11.3 Å². The Kier molecular flexibility index (Phi) is 6.23. The Hall–Kier alpha value is -3.00. The normalized spacial score (nSPS) is 14.6. The second-order valence-electron chi connectivity index (χ2n) is 7.28. The predicted molar refractivity (Wildman–Crippen MR) is 113 cm³/mol. The van der Waals surface area contributed by atoms with Crippen molar-refractivity contribution in [3.8, 4) is 5.69 Å². The highest BCUT2D eigenvalue weighted by Crippen LogP contribution is 2.20. The number of carbonyl (C=O) groups excluding carboxylic acids is 2. The van der Waals surface area contributed by atoms with E-state index in [1.807, 2.05) is 11.4 Å². The van der Waals surface area contributed by atoms with E-state index in [4.69, 9.17) is 0 Å².